The molecule has 0 radical (unpaired) electrons. The molecule has 0 aliphatic carbocycles. The van der Waals surface area contributed by atoms with E-state index in [1.807, 2.05) is 6.07 Å². The van der Waals surface area contributed by atoms with E-state index < -0.39 is 0 Å². The van der Waals surface area contributed by atoms with Crippen LogP contribution in [0.5, 0.6) is 0 Å². The van der Waals surface area contributed by atoms with Crippen LogP contribution in [0.25, 0.3) is 0 Å². The van der Waals surface area contributed by atoms with E-state index in [2.05, 4.69) is 29.2 Å². The zero-order valence-electron chi connectivity index (χ0n) is 10.9. The average molecular weight is 237 g/mol. The Balaban J connectivity index is 1.76. The molecular weight excluding hydrogens is 214 g/mol. The molecule has 1 saturated heterocycles. The Morgan fingerprint density at radius 1 is 1.65 bits per heavy atom. The minimum Gasteiger partial charge on any atom is -0.364 e. The number of nitrogens with one attached hydrogen (secondary N) is 1. The fourth-order valence-electron chi connectivity index (χ4n) is 2.55. The van der Waals surface area contributed by atoms with Crippen LogP contribution < -0.4 is 5.32 Å². The highest BCUT2D eigenvalue weighted by atomic mass is 16.5. The molecule has 1 aromatic heterocycles. The van der Waals surface area contributed by atoms with Crippen LogP contribution >= 0.6 is 0 Å². The minimum atomic E-state index is 0.543. The average Bonchev–Trinajstić information content (AvgIpc) is 2.89. The zero-order chi connectivity index (χ0) is 12.1. The summed E-state index contributed by atoms with van der Waals surface area (Å²) in [5.74, 6) is 0.760. The predicted molar refractivity (Wildman–Crippen MR) is 67.6 cm³/mol. The van der Waals surface area contributed by atoms with Crippen molar-refractivity contribution in [2.75, 3.05) is 19.6 Å². The molecule has 1 aliphatic rings. The Morgan fingerprint density at radius 3 is 3.24 bits per heavy atom. The number of likely N-dealkylation sites (tertiary alicyclic amines) is 1. The normalized spacial score (nSPS) is 23.8. The van der Waals surface area contributed by atoms with Crippen LogP contribution in [0.3, 0.4) is 0 Å². The molecule has 1 aliphatic heterocycles. The van der Waals surface area contributed by atoms with Gasteiger partial charge in [0, 0.05) is 25.2 Å². The van der Waals surface area contributed by atoms with Gasteiger partial charge in [-0.05, 0) is 38.8 Å². The van der Waals surface area contributed by atoms with Gasteiger partial charge in [0.1, 0.15) is 6.26 Å². The van der Waals surface area contributed by atoms with Crippen LogP contribution in [0.15, 0.2) is 16.9 Å². The molecule has 0 amide bonds. The van der Waals surface area contributed by atoms with Crippen molar-refractivity contribution in [2.45, 2.75) is 39.3 Å². The first kappa shape index (κ1) is 12.6. The Morgan fingerprint density at radius 2 is 2.53 bits per heavy atom. The standard InChI is InChI=1S/C13H23N3O/c1-3-16-7-4-5-12(10-16)11(2)14-9-13-6-8-17-15-13/h6,8,11-12,14H,3-5,7,9-10H2,1-2H3. The van der Waals surface area contributed by atoms with Crippen molar-refractivity contribution >= 4 is 0 Å². The molecule has 4 nitrogen and oxygen atoms in total. The highest BCUT2D eigenvalue weighted by molar-refractivity contribution is 4.95. The maximum atomic E-state index is 4.83. The molecular formula is C13H23N3O. The van der Waals surface area contributed by atoms with Crippen molar-refractivity contribution in [2.24, 2.45) is 5.92 Å². The maximum Gasteiger partial charge on any atom is 0.124 e. The van der Waals surface area contributed by atoms with Crippen molar-refractivity contribution in [1.29, 1.82) is 0 Å². The van der Waals surface area contributed by atoms with Crippen molar-refractivity contribution in [1.82, 2.24) is 15.4 Å². The van der Waals surface area contributed by atoms with Crippen molar-refractivity contribution in [3.8, 4) is 0 Å². The fourth-order valence-corrected chi connectivity index (χ4v) is 2.55. The van der Waals surface area contributed by atoms with Gasteiger partial charge in [0.25, 0.3) is 0 Å². The van der Waals surface area contributed by atoms with Gasteiger partial charge in [-0.2, -0.15) is 0 Å². The van der Waals surface area contributed by atoms with Crippen molar-refractivity contribution in [3.05, 3.63) is 18.0 Å². The van der Waals surface area contributed by atoms with Gasteiger partial charge in [-0.15, -0.1) is 0 Å². The largest absolute Gasteiger partial charge is 0.364 e. The van der Waals surface area contributed by atoms with E-state index in [9.17, 15) is 0 Å². The van der Waals surface area contributed by atoms with Crippen LogP contribution in [0.1, 0.15) is 32.4 Å². The lowest BCUT2D eigenvalue weighted by Crippen LogP contribution is -2.44. The van der Waals surface area contributed by atoms with Crippen LogP contribution in [-0.4, -0.2) is 35.7 Å². The second kappa shape index (κ2) is 6.17. The van der Waals surface area contributed by atoms with E-state index in [0.29, 0.717) is 6.04 Å². The third kappa shape index (κ3) is 3.54. The summed E-state index contributed by atoms with van der Waals surface area (Å²) in [6, 6.07) is 2.46. The number of hydrogen-bond acceptors (Lipinski definition) is 4. The van der Waals surface area contributed by atoms with Gasteiger partial charge in [-0.3, -0.25) is 0 Å². The van der Waals surface area contributed by atoms with Gasteiger partial charge in [0.2, 0.25) is 0 Å². The lowest BCUT2D eigenvalue weighted by molar-refractivity contribution is 0.156. The van der Waals surface area contributed by atoms with Gasteiger partial charge in [-0.25, -0.2) is 0 Å². The van der Waals surface area contributed by atoms with Gasteiger partial charge in [0.15, 0.2) is 0 Å². The van der Waals surface area contributed by atoms with Gasteiger partial charge in [-0.1, -0.05) is 12.1 Å². The molecule has 0 spiro atoms. The first-order chi connectivity index (χ1) is 8.29. The number of aromatic nitrogens is 1. The summed E-state index contributed by atoms with van der Waals surface area (Å²) in [5.41, 5.74) is 0.986. The molecule has 96 valence electrons. The molecule has 0 aromatic carbocycles. The molecule has 2 unspecified atom stereocenters. The molecule has 4 heteroatoms. The lowest BCUT2D eigenvalue weighted by Gasteiger charge is -2.35. The molecule has 1 aromatic rings. The summed E-state index contributed by atoms with van der Waals surface area (Å²) in [6.45, 7) is 9.00. The summed E-state index contributed by atoms with van der Waals surface area (Å²) in [4.78, 5) is 2.54. The van der Waals surface area contributed by atoms with E-state index >= 15 is 0 Å². The Kier molecular flexibility index (Phi) is 4.57. The third-order valence-electron chi connectivity index (χ3n) is 3.79. The topological polar surface area (TPSA) is 41.3 Å². The quantitative estimate of drug-likeness (QED) is 0.849. The zero-order valence-corrected chi connectivity index (χ0v) is 10.9. The van der Waals surface area contributed by atoms with Crippen LogP contribution in [-0.2, 0) is 6.54 Å². The van der Waals surface area contributed by atoms with E-state index in [0.717, 1.165) is 18.2 Å². The summed E-state index contributed by atoms with van der Waals surface area (Å²) in [6.07, 6.45) is 4.29. The summed E-state index contributed by atoms with van der Waals surface area (Å²) >= 11 is 0. The molecule has 2 atom stereocenters. The van der Waals surface area contributed by atoms with Crippen molar-refractivity contribution in [3.63, 3.8) is 0 Å². The number of piperidine rings is 1. The van der Waals surface area contributed by atoms with Crippen LogP contribution in [0.4, 0.5) is 0 Å². The van der Waals surface area contributed by atoms with Gasteiger partial charge >= 0.3 is 0 Å². The molecule has 2 heterocycles. The number of nitrogens with zero attached hydrogens (tertiary/aromatic N) is 2. The SMILES string of the molecule is CCN1CCCC(C(C)NCc2ccon2)C1. The summed E-state index contributed by atoms with van der Waals surface area (Å²) in [5, 5.41) is 7.47. The second-order valence-corrected chi connectivity index (χ2v) is 4.96. The van der Waals surface area contributed by atoms with Crippen LogP contribution in [0, 0.1) is 5.92 Å². The Bertz CT molecular complexity index is 312. The Hall–Kier alpha value is -0.870. The first-order valence-corrected chi connectivity index (χ1v) is 6.64. The highest BCUT2D eigenvalue weighted by Crippen LogP contribution is 2.19. The van der Waals surface area contributed by atoms with E-state index in [-0.39, 0.29) is 0 Å². The Labute approximate surface area is 103 Å². The minimum absolute atomic E-state index is 0.543. The van der Waals surface area contributed by atoms with E-state index in [1.54, 1.807) is 6.26 Å². The molecule has 17 heavy (non-hydrogen) atoms. The lowest BCUT2D eigenvalue weighted by atomic mass is 9.91. The van der Waals surface area contributed by atoms with Crippen molar-refractivity contribution < 1.29 is 4.52 Å². The molecule has 0 saturated carbocycles. The third-order valence-corrected chi connectivity index (χ3v) is 3.79. The number of hydrogen-bond donors (Lipinski definition) is 1. The van der Waals surface area contributed by atoms with E-state index in [1.165, 1.54) is 32.5 Å². The van der Waals surface area contributed by atoms with Gasteiger partial charge < -0.3 is 14.7 Å². The summed E-state index contributed by atoms with van der Waals surface area (Å²) < 4.78 is 4.83. The van der Waals surface area contributed by atoms with Gasteiger partial charge in [0.05, 0.1) is 5.69 Å². The molecule has 2 rings (SSSR count). The van der Waals surface area contributed by atoms with Crippen LogP contribution in [0.2, 0.25) is 0 Å². The predicted octanol–water partition coefficient (Wildman–Crippen LogP) is 1.88. The molecule has 1 N–H and O–H groups in total. The van der Waals surface area contributed by atoms with E-state index in [4.69, 9.17) is 4.52 Å². The number of rotatable bonds is 5. The monoisotopic (exact) mass is 237 g/mol. The molecule has 0 bridgehead atoms. The maximum absolute atomic E-state index is 4.83. The molecule has 1 fully saturated rings. The second-order valence-electron chi connectivity index (χ2n) is 4.96. The summed E-state index contributed by atoms with van der Waals surface area (Å²) in [7, 11) is 0. The fraction of sp³-hybridized carbons (Fsp3) is 0.769. The first-order valence-electron chi connectivity index (χ1n) is 6.64. The smallest absolute Gasteiger partial charge is 0.124 e. The highest BCUT2D eigenvalue weighted by Gasteiger charge is 2.23.